The summed E-state index contributed by atoms with van der Waals surface area (Å²) in [5.41, 5.74) is 10.4. The maximum Gasteiger partial charge on any atom is 0.164 e. The van der Waals surface area contributed by atoms with Crippen molar-refractivity contribution in [3.8, 4) is 51.0 Å². The number of furan rings is 1. The van der Waals surface area contributed by atoms with Crippen molar-refractivity contribution < 1.29 is 4.42 Å². The summed E-state index contributed by atoms with van der Waals surface area (Å²) in [6.07, 6.45) is 1.79. The average molecular weight is 742 g/mol. The third-order valence-electron chi connectivity index (χ3n) is 11.3. The lowest BCUT2D eigenvalue weighted by Gasteiger charge is -2.15. The number of fused-ring (bicyclic) bond motifs is 9. The van der Waals surface area contributed by atoms with Gasteiger partial charge in [0.25, 0.3) is 0 Å². The molecule has 8 aromatic carbocycles. The number of hydrogen-bond acceptors (Lipinski definition) is 5. The Hall–Kier alpha value is -7.96. The number of pyridine rings is 1. The van der Waals surface area contributed by atoms with Gasteiger partial charge in [-0.3, -0.25) is 4.98 Å². The van der Waals surface area contributed by atoms with Gasteiger partial charge in [0, 0.05) is 39.0 Å². The van der Waals surface area contributed by atoms with Crippen molar-refractivity contribution in [2.45, 2.75) is 0 Å². The molecule has 0 unspecified atom stereocenters. The zero-order chi connectivity index (χ0) is 38.2. The van der Waals surface area contributed by atoms with E-state index in [2.05, 4.69) is 150 Å². The van der Waals surface area contributed by atoms with Crippen LogP contribution in [0.2, 0.25) is 0 Å². The Labute approximate surface area is 332 Å². The van der Waals surface area contributed by atoms with Crippen LogP contribution in [-0.4, -0.2) is 24.5 Å². The fourth-order valence-electron chi connectivity index (χ4n) is 8.63. The molecule has 0 aliphatic heterocycles. The standard InChI is InChI=1S/C52H31N5O/c1-2-12-32(13-3-1)33-23-25-35(26-24-33)50-54-51(56-52(55-50)41-19-10-21-45-48(41)49-46(58-45)22-11-29-53-49)37-30-36-15-5-6-16-38(36)44(31-37)57-42-20-9-8-18-40(42)47-39-17-7-4-14-34(39)27-28-43(47)57/h1-31H. The monoisotopic (exact) mass is 741 g/mol. The fraction of sp³-hybridized carbons (Fsp3) is 0. The van der Waals surface area contributed by atoms with E-state index in [0.29, 0.717) is 23.1 Å². The molecular formula is C52H31N5O. The molecule has 0 aliphatic rings. The SMILES string of the molecule is c1ccc(-c2ccc(-c3nc(-c4cc(-n5c6ccccc6c6c7ccccc7ccc65)c5ccccc5c4)nc(-c4cccc5oc6cccnc6c45)n3)cc2)cc1. The van der Waals surface area contributed by atoms with Crippen molar-refractivity contribution in [1.29, 1.82) is 0 Å². The molecule has 4 aromatic heterocycles. The van der Waals surface area contributed by atoms with Gasteiger partial charge in [-0.25, -0.2) is 15.0 Å². The molecular weight excluding hydrogens is 711 g/mol. The van der Waals surface area contributed by atoms with Gasteiger partial charge in [0.15, 0.2) is 23.1 Å². The number of aromatic nitrogens is 5. The summed E-state index contributed by atoms with van der Waals surface area (Å²) in [6, 6.07) is 63.5. The van der Waals surface area contributed by atoms with Crippen LogP contribution in [0.1, 0.15) is 0 Å². The van der Waals surface area contributed by atoms with Crippen LogP contribution in [0.5, 0.6) is 0 Å². The zero-order valence-electron chi connectivity index (χ0n) is 31.0. The van der Waals surface area contributed by atoms with Crippen LogP contribution in [0.4, 0.5) is 0 Å². The summed E-state index contributed by atoms with van der Waals surface area (Å²) >= 11 is 0. The molecule has 0 fully saturated rings. The second-order valence-corrected chi connectivity index (χ2v) is 14.6. The van der Waals surface area contributed by atoms with Crippen molar-refractivity contribution in [3.63, 3.8) is 0 Å². The lowest BCUT2D eigenvalue weighted by atomic mass is 10.0. The Morgan fingerprint density at radius 3 is 1.93 bits per heavy atom. The summed E-state index contributed by atoms with van der Waals surface area (Å²) in [7, 11) is 0. The number of nitrogens with zero attached hydrogens (tertiary/aromatic N) is 5. The lowest BCUT2D eigenvalue weighted by Crippen LogP contribution is -2.02. The van der Waals surface area contributed by atoms with Crippen LogP contribution in [0, 0.1) is 0 Å². The fourth-order valence-corrected chi connectivity index (χ4v) is 8.63. The maximum absolute atomic E-state index is 6.27. The molecule has 0 spiro atoms. The van der Waals surface area contributed by atoms with Crippen LogP contribution in [0.15, 0.2) is 193 Å². The Morgan fingerprint density at radius 1 is 0.397 bits per heavy atom. The van der Waals surface area contributed by atoms with E-state index in [9.17, 15) is 0 Å². The maximum atomic E-state index is 6.27. The molecule has 0 saturated carbocycles. The molecule has 6 heteroatoms. The van der Waals surface area contributed by atoms with Gasteiger partial charge in [-0.2, -0.15) is 0 Å². The summed E-state index contributed by atoms with van der Waals surface area (Å²) < 4.78 is 8.67. The summed E-state index contributed by atoms with van der Waals surface area (Å²) in [5, 5.41) is 7.99. The van der Waals surface area contributed by atoms with Crippen LogP contribution >= 0.6 is 0 Å². The largest absolute Gasteiger partial charge is 0.454 e. The Kier molecular flexibility index (Phi) is 7.13. The van der Waals surface area contributed by atoms with Crippen LogP contribution in [0.3, 0.4) is 0 Å². The minimum Gasteiger partial charge on any atom is -0.454 e. The summed E-state index contributed by atoms with van der Waals surface area (Å²) in [4.78, 5) is 20.5. The number of rotatable bonds is 5. The van der Waals surface area contributed by atoms with Crippen molar-refractivity contribution >= 4 is 65.4 Å². The van der Waals surface area contributed by atoms with Crippen molar-refractivity contribution in [2.24, 2.45) is 0 Å². The third kappa shape index (κ3) is 5.05. The number of hydrogen-bond donors (Lipinski definition) is 0. The van der Waals surface area contributed by atoms with E-state index < -0.39 is 0 Å². The second kappa shape index (κ2) is 12.8. The second-order valence-electron chi connectivity index (χ2n) is 14.6. The van der Waals surface area contributed by atoms with E-state index >= 15 is 0 Å². The Morgan fingerprint density at radius 2 is 1.07 bits per heavy atom. The van der Waals surface area contributed by atoms with Gasteiger partial charge in [0.1, 0.15) is 11.1 Å². The molecule has 0 radical (unpaired) electrons. The zero-order valence-corrected chi connectivity index (χ0v) is 31.0. The molecule has 6 nitrogen and oxygen atoms in total. The number of benzene rings is 8. The Bertz CT molecular complexity index is 3570. The molecule has 12 rings (SSSR count). The number of para-hydroxylation sites is 1. The average Bonchev–Trinajstić information content (AvgIpc) is 3.85. The topological polar surface area (TPSA) is 69.6 Å². The lowest BCUT2D eigenvalue weighted by molar-refractivity contribution is 0.668. The van der Waals surface area contributed by atoms with Gasteiger partial charge in [0.2, 0.25) is 0 Å². The molecule has 270 valence electrons. The predicted molar refractivity (Wildman–Crippen MR) is 236 cm³/mol. The molecule has 0 aliphatic carbocycles. The van der Waals surface area contributed by atoms with Gasteiger partial charge >= 0.3 is 0 Å². The van der Waals surface area contributed by atoms with E-state index in [4.69, 9.17) is 24.4 Å². The third-order valence-corrected chi connectivity index (χ3v) is 11.3. The van der Waals surface area contributed by atoms with Gasteiger partial charge in [-0.15, -0.1) is 0 Å². The molecule has 4 heterocycles. The first kappa shape index (κ1) is 32.3. The van der Waals surface area contributed by atoms with Crippen LogP contribution < -0.4 is 0 Å². The van der Waals surface area contributed by atoms with Gasteiger partial charge in [-0.05, 0) is 69.8 Å². The van der Waals surface area contributed by atoms with Crippen molar-refractivity contribution in [1.82, 2.24) is 24.5 Å². The summed E-state index contributed by atoms with van der Waals surface area (Å²) in [6.45, 7) is 0. The molecule has 0 saturated heterocycles. The summed E-state index contributed by atoms with van der Waals surface area (Å²) in [5.74, 6) is 1.70. The molecule has 0 N–H and O–H groups in total. The van der Waals surface area contributed by atoms with E-state index in [1.165, 1.54) is 21.5 Å². The van der Waals surface area contributed by atoms with E-state index in [1.54, 1.807) is 6.20 Å². The molecule has 12 aromatic rings. The minimum absolute atomic E-state index is 0.545. The van der Waals surface area contributed by atoms with E-state index in [1.807, 2.05) is 36.4 Å². The van der Waals surface area contributed by atoms with Crippen molar-refractivity contribution in [3.05, 3.63) is 188 Å². The van der Waals surface area contributed by atoms with Gasteiger partial charge < -0.3 is 8.98 Å². The van der Waals surface area contributed by atoms with Crippen molar-refractivity contribution in [2.75, 3.05) is 0 Å². The normalized spacial score (nSPS) is 11.8. The van der Waals surface area contributed by atoms with Gasteiger partial charge in [0.05, 0.1) is 22.1 Å². The highest BCUT2D eigenvalue weighted by molar-refractivity contribution is 6.22. The highest BCUT2D eigenvalue weighted by atomic mass is 16.3. The first-order valence-corrected chi connectivity index (χ1v) is 19.4. The quantitative estimate of drug-likeness (QED) is 0.176. The van der Waals surface area contributed by atoms with Crippen LogP contribution in [0.25, 0.3) is 116 Å². The molecule has 0 bridgehead atoms. The highest BCUT2D eigenvalue weighted by Gasteiger charge is 2.21. The van der Waals surface area contributed by atoms with Gasteiger partial charge in [-0.1, -0.05) is 140 Å². The minimum atomic E-state index is 0.545. The van der Waals surface area contributed by atoms with Crippen LogP contribution in [-0.2, 0) is 0 Å². The molecule has 58 heavy (non-hydrogen) atoms. The first-order chi connectivity index (χ1) is 28.7. The molecule has 0 atom stereocenters. The highest BCUT2D eigenvalue weighted by Crippen LogP contribution is 2.41. The first-order valence-electron chi connectivity index (χ1n) is 19.4. The van der Waals surface area contributed by atoms with E-state index in [-0.39, 0.29) is 0 Å². The Balaban J connectivity index is 1.12. The van der Waals surface area contributed by atoms with E-state index in [0.717, 1.165) is 71.8 Å². The molecule has 0 amide bonds. The predicted octanol–water partition coefficient (Wildman–Crippen LogP) is 13.2. The smallest absolute Gasteiger partial charge is 0.164 e.